The molecule has 0 atom stereocenters. The number of methoxy groups -OCH3 is 1. The Hall–Kier alpha value is -2.18. The monoisotopic (exact) mass is 368 g/mol. The molecule has 0 spiro atoms. The van der Waals surface area contributed by atoms with Crippen molar-refractivity contribution in [1.82, 2.24) is 14.9 Å². The summed E-state index contributed by atoms with van der Waals surface area (Å²) in [6.45, 7) is 4.30. The lowest BCUT2D eigenvalue weighted by molar-refractivity contribution is 0.182. The zero-order valence-corrected chi connectivity index (χ0v) is 15.8. The summed E-state index contributed by atoms with van der Waals surface area (Å²) in [5, 5.41) is 6.75. The number of fused-ring (bicyclic) bond motifs is 1. The van der Waals surface area contributed by atoms with Crippen LogP contribution in [0.1, 0.15) is 18.4 Å². The van der Waals surface area contributed by atoms with Gasteiger partial charge in [0.05, 0.1) is 12.5 Å². The van der Waals surface area contributed by atoms with Gasteiger partial charge in [-0.1, -0.05) is 12.1 Å². The molecule has 1 aliphatic heterocycles. The van der Waals surface area contributed by atoms with Crippen LogP contribution in [0.5, 0.6) is 5.75 Å². The van der Waals surface area contributed by atoms with E-state index in [1.807, 2.05) is 12.1 Å². The van der Waals surface area contributed by atoms with Gasteiger partial charge in [-0.25, -0.2) is 9.97 Å². The number of rotatable bonds is 6. The van der Waals surface area contributed by atoms with Crippen LogP contribution in [0.15, 0.2) is 42.0 Å². The molecule has 5 nitrogen and oxygen atoms in total. The largest absolute Gasteiger partial charge is 0.497 e. The normalized spacial score (nSPS) is 16.0. The van der Waals surface area contributed by atoms with Gasteiger partial charge in [-0.05, 0) is 61.0 Å². The van der Waals surface area contributed by atoms with Crippen LogP contribution in [-0.2, 0) is 6.54 Å². The van der Waals surface area contributed by atoms with Crippen molar-refractivity contribution < 1.29 is 4.74 Å². The maximum absolute atomic E-state index is 5.23. The van der Waals surface area contributed by atoms with E-state index in [1.54, 1.807) is 24.8 Å². The highest BCUT2D eigenvalue weighted by molar-refractivity contribution is 7.16. The van der Waals surface area contributed by atoms with Crippen LogP contribution in [0, 0.1) is 5.92 Å². The molecule has 1 N–H and O–H groups in total. The van der Waals surface area contributed by atoms with Gasteiger partial charge in [0.1, 0.15) is 22.7 Å². The van der Waals surface area contributed by atoms with Crippen molar-refractivity contribution in [2.75, 3.05) is 32.1 Å². The number of anilines is 1. The summed E-state index contributed by atoms with van der Waals surface area (Å²) in [5.41, 5.74) is 1.35. The van der Waals surface area contributed by atoms with Crippen molar-refractivity contribution in [3.8, 4) is 5.75 Å². The van der Waals surface area contributed by atoms with Crippen LogP contribution >= 0.6 is 11.3 Å². The van der Waals surface area contributed by atoms with Crippen LogP contribution in [0.3, 0.4) is 0 Å². The van der Waals surface area contributed by atoms with E-state index in [0.717, 1.165) is 48.0 Å². The molecule has 1 saturated heterocycles. The second-order valence-electron chi connectivity index (χ2n) is 6.81. The molecule has 3 heterocycles. The minimum Gasteiger partial charge on any atom is -0.497 e. The summed E-state index contributed by atoms with van der Waals surface area (Å²) in [7, 11) is 1.71. The molecule has 1 fully saturated rings. The molecule has 26 heavy (non-hydrogen) atoms. The molecule has 6 heteroatoms. The predicted octanol–water partition coefficient (Wildman–Crippen LogP) is 4.02. The summed E-state index contributed by atoms with van der Waals surface area (Å²) in [4.78, 5) is 12.3. The van der Waals surface area contributed by atoms with E-state index in [9.17, 15) is 0 Å². The molecule has 0 radical (unpaired) electrons. The molecular weight excluding hydrogens is 344 g/mol. The molecule has 0 saturated carbocycles. The van der Waals surface area contributed by atoms with Crippen molar-refractivity contribution in [1.29, 1.82) is 0 Å². The minimum atomic E-state index is 0.700. The van der Waals surface area contributed by atoms with Crippen molar-refractivity contribution in [3.05, 3.63) is 47.6 Å². The molecule has 0 bridgehead atoms. The zero-order chi connectivity index (χ0) is 17.8. The summed E-state index contributed by atoms with van der Waals surface area (Å²) >= 11 is 1.66. The lowest BCUT2D eigenvalue weighted by Crippen LogP contribution is -2.35. The smallest absolute Gasteiger partial charge is 0.138 e. The number of hydrogen-bond donors (Lipinski definition) is 1. The fraction of sp³-hybridized carbons (Fsp3) is 0.400. The highest BCUT2D eigenvalue weighted by atomic mass is 32.1. The summed E-state index contributed by atoms with van der Waals surface area (Å²) in [5.74, 6) is 2.59. The van der Waals surface area contributed by atoms with Gasteiger partial charge in [0.25, 0.3) is 0 Å². The fourth-order valence-electron chi connectivity index (χ4n) is 3.51. The molecular formula is C20H24N4OS. The first-order valence-electron chi connectivity index (χ1n) is 9.09. The third kappa shape index (κ3) is 3.97. The van der Waals surface area contributed by atoms with Crippen molar-refractivity contribution >= 4 is 27.4 Å². The Kier molecular flexibility index (Phi) is 5.32. The fourth-order valence-corrected chi connectivity index (χ4v) is 4.24. The molecule has 4 rings (SSSR count). The average Bonchev–Trinajstić information content (AvgIpc) is 3.17. The molecule has 1 aliphatic rings. The summed E-state index contributed by atoms with van der Waals surface area (Å²) in [6.07, 6.45) is 4.10. The number of thiophene rings is 1. The Bertz CT molecular complexity index is 840. The predicted molar refractivity (Wildman–Crippen MR) is 107 cm³/mol. The Labute approximate surface area is 158 Å². The number of aromatic nitrogens is 2. The van der Waals surface area contributed by atoms with Crippen LogP contribution in [-0.4, -0.2) is 41.6 Å². The highest BCUT2D eigenvalue weighted by Crippen LogP contribution is 2.25. The third-order valence-corrected chi connectivity index (χ3v) is 5.91. The lowest BCUT2D eigenvalue weighted by Gasteiger charge is -2.32. The number of benzene rings is 1. The number of nitrogens with zero attached hydrogens (tertiary/aromatic N) is 3. The molecule has 0 unspecified atom stereocenters. The summed E-state index contributed by atoms with van der Waals surface area (Å²) < 4.78 is 5.23. The van der Waals surface area contributed by atoms with E-state index >= 15 is 0 Å². The molecule has 0 aliphatic carbocycles. The van der Waals surface area contributed by atoms with Gasteiger partial charge in [0.2, 0.25) is 0 Å². The Morgan fingerprint density at radius 2 is 1.96 bits per heavy atom. The Morgan fingerprint density at radius 3 is 2.73 bits per heavy atom. The number of piperidine rings is 1. The van der Waals surface area contributed by atoms with Gasteiger partial charge >= 0.3 is 0 Å². The standard InChI is InChI=1S/C20H24N4OS/c1-25-17-4-2-16(3-5-17)13-24-9-6-15(7-10-24)12-21-19-18-8-11-26-20(18)23-14-22-19/h2-5,8,11,14-15H,6-7,9-10,12-13H2,1H3,(H,21,22,23). The third-order valence-electron chi connectivity index (χ3n) is 5.09. The molecule has 1 aromatic carbocycles. The molecule has 3 aromatic rings. The number of ether oxygens (including phenoxy) is 1. The van der Waals surface area contributed by atoms with E-state index < -0.39 is 0 Å². The van der Waals surface area contributed by atoms with Crippen molar-refractivity contribution in [2.24, 2.45) is 5.92 Å². The summed E-state index contributed by atoms with van der Waals surface area (Å²) in [6, 6.07) is 10.5. The van der Waals surface area contributed by atoms with E-state index in [2.05, 4.69) is 43.8 Å². The first-order chi connectivity index (χ1) is 12.8. The van der Waals surface area contributed by atoms with Crippen LogP contribution < -0.4 is 10.1 Å². The first-order valence-corrected chi connectivity index (χ1v) is 9.97. The quantitative estimate of drug-likeness (QED) is 0.712. The second kappa shape index (κ2) is 8.01. The highest BCUT2D eigenvalue weighted by Gasteiger charge is 2.19. The van der Waals surface area contributed by atoms with Crippen LogP contribution in [0.4, 0.5) is 5.82 Å². The molecule has 136 valence electrons. The number of likely N-dealkylation sites (tertiary alicyclic amines) is 1. The van der Waals surface area contributed by atoms with Gasteiger partial charge in [0.15, 0.2) is 0 Å². The van der Waals surface area contributed by atoms with Crippen molar-refractivity contribution in [3.63, 3.8) is 0 Å². The Balaban J connectivity index is 1.26. The van der Waals surface area contributed by atoms with E-state index in [-0.39, 0.29) is 0 Å². The van der Waals surface area contributed by atoms with Gasteiger partial charge in [0, 0.05) is 13.1 Å². The van der Waals surface area contributed by atoms with Crippen molar-refractivity contribution in [2.45, 2.75) is 19.4 Å². The Morgan fingerprint density at radius 1 is 1.15 bits per heavy atom. The van der Waals surface area contributed by atoms with E-state index in [1.165, 1.54) is 18.4 Å². The first kappa shape index (κ1) is 17.2. The van der Waals surface area contributed by atoms with Gasteiger partial charge in [-0.2, -0.15) is 0 Å². The van der Waals surface area contributed by atoms with Crippen LogP contribution in [0.25, 0.3) is 10.2 Å². The maximum Gasteiger partial charge on any atom is 0.138 e. The number of hydrogen-bond acceptors (Lipinski definition) is 6. The number of nitrogens with one attached hydrogen (secondary N) is 1. The zero-order valence-electron chi connectivity index (χ0n) is 15.0. The van der Waals surface area contributed by atoms with Gasteiger partial charge < -0.3 is 10.1 Å². The lowest BCUT2D eigenvalue weighted by atomic mass is 9.96. The molecule has 0 amide bonds. The minimum absolute atomic E-state index is 0.700. The average molecular weight is 369 g/mol. The second-order valence-corrected chi connectivity index (χ2v) is 7.70. The SMILES string of the molecule is COc1ccc(CN2CCC(CNc3ncnc4sccc34)CC2)cc1. The van der Waals surface area contributed by atoms with Crippen LogP contribution in [0.2, 0.25) is 0 Å². The van der Waals surface area contributed by atoms with Gasteiger partial charge in [-0.15, -0.1) is 11.3 Å². The topological polar surface area (TPSA) is 50.3 Å². The van der Waals surface area contributed by atoms with E-state index in [4.69, 9.17) is 4.74 Å². The maximum atomic E-state index is 5.23. The van der Waals surface area contributed by atoms with E-state index in [0.29, 0.717) is 5.92 Å². The van der Waals surface area contributed by atoms with Gasteiger partial charge in [-0.3, -0.25) is 4.90 Å². The molecule has 2 aromatic heterocycles.